The Labute approximate surface area is 111 Å². The quantitative estimate of drug-likeness (QED) is 0.863. The minimum absolute atomic E-state index is 0.416. The number of rotatable bonds is 5. The Morgan fingerprint density at radius 2 is 2.11 bits per heavy atom. The molecule has 100 valence electrons. The van der Waals surface area contributed by atoms with Crippen molar-refractivity contribution in [2.45, 2.75) is 58.3 Å². The Hall–Kier alpha value is -0.860. The van der Waals surface area contributed by atoms with Crippen molar-refractivity contribution < 1.29 is 4.74 Å². The fourth-order valence-electron chi connectivity index (χ4n) is 2.61. The maximum Gasteiger partial charge on any atom is 0.0704 e. The van der Waals surface area contributed by atoms with E-state index in [9.17, 15) is 0 Å². The molecule has 1 aliphatic heterocycles. The zero-order valence-corrected chi connectivity index (χ0v) is 11.8. The molecule has 0 aromatic heterocycles. The van der Waals surface area contributed by atoms with Crippen LogP contribution in [0.5, 0.6) is 0 Å². The zero-order valence-electron chi connectivity index (χ0n) is 11.8. The van der Waals surface area contributed by atoms with E-state index < -0.39 is 0 Å². The Morgan fingerprint density at radius 1 is 1.33 bits per heavy atom. The van der Waals surface area contributed by atoms with Crippen molar-refractivity contribution in [3.8, 4) is 0 Å². The Kier molecular flexibility index (Phi) is 4.79. The highest BCUT2D eigenvalue weighted by Gasteiger charge is 2.21. The molecule has 1 aromatic carbocycles. The van der Waals surface area contributed by atoms with Gasteiger partial charge < -0.3 is 10.1 Å². The zero-order chi connectivity index (χ0) is 13.0. The Balaban J connectivity index is 1.75. The number of hydrogen-bond donors (Lipinski definition) is 1. The summed E-state index contributed by atoms with van der Waals surface area (Å²) in [5.74, 6) is 0. The minimum Gasteiger partial charge on any atom is -0.374 e. The molecule has 0 amide bonds. The van der Waals surface area contributed by atoms with Gasteiger partial charge in [-0.15, -0.1) is 0 Å². The van der Waals surface area contributed by atoms with Crippen LogP contribution in [0.15, 0.2) is 24.3 Å². The largest absolute Gasteiger partial charge is 0.374 e. The molecule has 2 nitrogen and oxygen atoms in total. The third-order valence-electron chi connectivity index (χ3n) is 3.80. The highest BCUT2D eigenvalue weighted by molar-refractivity contribution is 5.26. The Morgan fingerprint density at radius 3 is 2.78 bits per heavy atom. The first kappa shape index (κ1) is 13.6. The van der Waals surface area contributed by atoms with Crippen molar-refractivity contribution in [2.75, 3.05) is 6.54 Å². The fourth-order valence-corrected chi connectivity index (χ4v) is 2.61. The summed E-state index contributed by atoms with van der Waals surface area (Å²) in [6.45, 7) is 7.59. The summed E-state index contributed by atoms with van der Waals surface area (Å²) in [7, 11) is 0. The van der Waals surface area contributed by atoms with Gasteiger partial charge in [0.25, 0.3) is 0 Å². The molecule has 1 aliphatic rings. The van der Waals surface area contributed by atoms with Gasteiger partial charge in [0.05, 0.1) is 12.2 Å². The molecule has 0 radical (unpaired) electrons. The molecule has 0 aliphatic carbocycles. The Bertz CT molecular complexity index is 377. The summed E-state index contributed by atoms with van der Waals surface area (Å²) < 4.78 is 5.82. The summed E-state index contributed by atoms with van der Waals surface area (Å²) in [5, 5.41) is 3.60. The molecule has 0 bridgehead atoms. The molecule has 3 unspecified atom stereocenters. The number of nitrogens with one attached hydrogen (secondary N) is 1. The predicted molar refractivity (Wildman–Crippen MR) is 75.9 cm³/mol. The molecular weight excluding hydrogens is 222 g/mol. The maximum atomic E-state index is 5.82. The summed E-state index contributed by atoms with van der Waals surface area (Å²) >= 11 is 0. The van der Waals surface area contributed by atoms with Gasteiger partial charge >= 0.3 is 0 Å². The van der Waals surface area contributed by atoms with Crippen LogP contribution < -0.4 is 5.32 Å². The van der Waals surface area contributed by atoms with E-state index in [1.807, 2.05) is 0 Å². The molecule has 1 N–H and O–H groups in total. The highest BCUT2D eigenvalue weighted by atomic mass is 16.5. The van der Waals surface area contributed by atoms with Gasteiger partial charge in [-0.05, 0) is 51.2 Å². The smallest absolute Gasteiger partial charge is 0.0704 e. The first-order valence-corrected chi connectivity index (χ1v) is 7.08. The van der Waals surface area contributed by atoms with Crippen LogP contribution in [0.3, 0.4) is 0 Å². The van der Waals surface area contributed by atoms with E-state index in [-0.39, 0.29) is 0 Å². The second-order valence-corrected chi connectivity index (χ2v) is 5.59. The first-order chi connectivity index (χ1) is 8.65. The van der Waals surface area contributed by atoms with E-state index in [1.165, 1.54) is 24.0 Å². The summed E-state index contributed by atoms with van der Waals surface area (Å²) in [6.07, 6.45) is 4.36. The third kappa shape index (κ3) is 3.82. The number of hydrogen-bond acceptors (Lipinski definition) is 2. The predicted octanol–water partition coefficient (Wildman–Crippen LogP) is 3.08. The van der Waals surface area contributed by atoms with Crippen LogP contribution in [0.1, 0.15) is 37.8 Å². The van der Waals surface area contributed by atoms with Gasteiger partial charge in [-0.1, -0.05) is 24.3 Å². The first-order valence-electron chi connectivity index (χ1n) is 7.08. The molecule has 1 saturated heterocycles. The van der Waals surface area contributed by atoms with Crippen LogP contribution in [0.2, 0.25) is 0 Å². The number of benzene rings is 1. The SMILES string of the molecule is Cc1ccccc1CC(C)NCC1CCC(C)O1. The van der Waals surface area contributed by atoms with Gasteiger partial charge in [0, 0.05) is 12.6 Å². The lowest BCUT2D eigenvalue weighted by molar-refractivity contribution is 0.0546. The van der Waals surface area contributed by atoms with Gasteiger partial charge in [0.2, 0.25) is 0 Å². The lowest BCUT2D eigenvalue weighted by Gasteiger charge is -2.18. The van der Waals surface area contributed by atoms with E-state index in [4.69, 9.17) is 4.74 Å². The molecule has 0 spiro atoms. The highest BCUT2D eigenvalue weighted by Crippen LogP contribution is 2.18. The average Bonchev–Trinajstić information content (AvgIpc) is 2.76. The topological polar surface area (TPSA) is 21.3 Å². The van der Waals surface area contributed by atoms with Crippen molar-refractivity contribution in [2.24, 2.45) is 0 Å². The molecule has 0 saturated carbocycles. The van der Waals surface area contributed by atoms with Crippen molar-refractivity contribution >= 4 is 0 Å². The second-order valence-electron chi connectivity index (χ2n) is 5.59. The molecule has 1 fully saturated rings. The van der Waals surface area contributed by atoms with Gasteiger partial charge in [-0.25, -0.2) is 0 Å². The summed E-state index contributed by atoms with van der Waals surface area (Å²) in [4.78, 5) is 0. The van der Waals surface area contributed by atoms with Crippen LogP contribution >= 0.6 is 0 Å². The number of aryl methyl sites for hydroxylation is 1. The average molecular weight is 247 g/mol. The summed E-state index contributed by atoms with van der Waals surface area (Å²) in [5.41, 5.74) is 2.83. The van der Waals surface area contributed by atoms with Crippen LogP contribution in [-0.2, 0) is 11.2 Å². The molecule has 2 rings (SSSR count). The van der Waals surface area contributed by atoms with E-state index in [1.54, 1.807) is 0 Å². The molecule has 18 heavy (non-hydrogen) atoms. The van der Waals surface area contributed by atoms with E-state index in [0.29, 0.717) is 18.2 Å². The van der Waals surface area contributed by atoms with E-state index >= 15 is 0 Å². The normalized spacial score (nSPS) is 25.3. The lowest BCUT2D eigenvalue weighted by atomic mass is 10.0. The standard InChI is InChI=1S/C16H25NO/c1-12-6-4-5-7-15(12)10-13(2)17-11-16-9-8-14(3)18-16/h4-7,13-14,16-17H,8-11H2,1-3H3. The van der Waals surface area contributed by atoms with Crippen LogP contribution in [-0.4, -0.2) is 24.8 Å². The maximum absolute atomic E-state index is 5.82. The van der Waals surface area contributed by atoms with Crippen LogP contribution in [0.4, 0.5) is 0 Å². The van der Waals surface area contributed by atoms with Crippen molar-refractivity contribution in [1.82, 2.24) is 5.32 Å². The molecule has 1 heterocycles. The van der Waals surface area contributed by atoms with Gasteiger partial charge in [0.15, 0.2) is 0 Å². The van der Waals surface area contributed by atoms with E-state index in [2.05, 4.69) is 50.4 Å². The molecule has 1 aromatic rings. The van der Waals surface area contributed by atoms with Crippen molar-refractivity contribution in [1.29, 1.82) is 0 Å². The second kappa shape index (κ2) is 6.35. The van der Waals surface area contributed by atoms with Crippen LogP contribution in [0, 0.1) is 6.92 Å². The van der Waals surface area contributed by atoms with Crippen LogP contribution in [0.25, 0.3) is 0 Å². The fraction of sp³-hybridized carbons (Fsp3) is 0.625. The van der Waals surface area contributed by atoms with Crippen molar-refractivity contribution in [3.63, 3.8) is 0 Å². The van der Waals surface area contributed by atoms with E-state index in [0.717, 1.165) is 13.0 Å². The molecule has 3 atom stereocenters. The van der Waals surface area contributed by atoms with Gasteiger partial charge in [0.1, 0.15) is 0 Å². The van der Waals surface area contributed by atoms with Gasteiger partial charge in [-0.3, -0.25) is 0 Å². The molecule has 2 heteroatoms. The third-order valence-corrected chi connectivity index (χ3v) is 3.80. The lowest BCUT2D eigenvalue weighted by Crippen LogP contribution is -2.35. The summed E-state index contributed by atoms with van der Waals surface area (Å²) in [6, 6.07) is 9.14. The van der Waals surface area contributed by atoms with Gasteiger partial charge in [-0.2, -0.15) is 0 Å². The van der Waals surface area contributed by atoms with Crippen molar-refractivity contribution in [3.05, 3.63) is 35.4 Å². The molecular formula is C16H25NO. The minimum atomic E-state index is 0.416. The monoisotopic (exact) mass is 247 g/mol. The number of ether oxygens (including phenoxy) is 1.